The molecule has 1 aliphatic rings. The lowest BCUT2D eigenvalue weighted by Crippen LogP contribution is -2.42. The summed E-state index contributed by atoms with van der Waals surface area (Å²) in [4.78, 5) is 23.4. The predicted octanol–water partition coefficient (Wildman–Crippen LogP) is 0.944. The summed E-state index contributed by atoms with van der Waals surface area (Å²) in [5, 5.41) is 8.75. The van der Waals surface area contributed by atoms with Gasteiger partial charge in [-0.05, 0) is 31.9 Å². The molecule has 0 spiro atoms. The fourth-order valence-electron chi connectivity index (χ4n) is 2.34. The van der Waals surface area contributed by atoms with Crippen LogP contribution in [0.15, 0.2) is 24.3 Å². The standard InChI is InChI=1S/C16H23N3O2.ClH/c1-12-2-4-13(5-3-12)6-7-15(20)18-11-16(21)19-14-8-9-17-10-14;/h2-5,14,17H,6-11H2,1H3,(H,18,20)(H,19,21);1H. The SMILES string of the molecule is Cc1ccc(CCC(=O)NCC(=O)NC2CCNC2)cc1.Cl. The zero-order valence-corrected chi connectivity index (χ0v) is 13.7. The molecule has 1 aromatic rings. The van der Waals surface area contributed by atoms with Crippen molar-refractivity contribution in [3.63, 3.8) is 0 Å². The number of benzene rings is 1. The number of carbonyl (C=O) groups excluding carboxylic acids is 2. The normalized spacial score (nSPS) is 16.7. The number of rotatable bonds is 6. The third-order valence-electron chi connectivity index (χ3n) is 3.63. The molecule has 1 aliphatic heterocycles. The molecule has 2 rings (SSSR count). The van der Waals surface area contributed by atoms with Gasteiger partial charge in [0.05, 0.1) is 6.54 Å². The molecule has 22 heavy (non-hydrogen) atoms. The monoisotopic (exact) mass is 325 g/mol. The van der Waals surface area contributed by atoms with Gasteiger partial charge in [0.1, 0.15) is 0 Å². The largest absolute Gasteiger partial charge is 0.351 e. The van der Waals surface area contributed by atoms with Gasteiger partial charge in [-0.25, -0.2) is 0 Å². The molecule has 122 valence electrons. The fraction of sp³-hybridized carbons (Fsp3) is 0.500. The van der Waals surface area contributed by atoms with E-state index in [1.54, 1.807) is 0 Å². The van der Waals surface area contributed by atoms with Crippen LogP contribution in [0.2, 0.25) is 0 Å². The van der Waals surface area contributed by atoms with Crippen molar-refractivity contribution in [3.05, 3.63) is 35.4 Å². The lowest BCUT2D eigenvalue weighted by Gasteiger charge is -2.11. The van der Waals surface area contributed by atoms with Gasteiger partial charge in [-0.2, -0.15) is 0 Å². The van der Waals surface area contributed by atoms with Crippen LogP contribution in [-0.4, -0.2) is 37.5 Å². The molecule has 1 heterocycles. The summed E-state index contributed by atoms with van der Waals surface area (Å²) in [5.41, 5.74) is 2.35. The maximum Gasteiger partial charge on any atom is 0.239 e. The molecule has 2 amide bonds. The first-order valence-electron chi connectivity index (χ1n) is 7.46. The molecule has 0 aliphatic carbocycles. The number of carbonyl (C=O) groups is 2. The Morgan fingerprint density at radius 3 is 2.59 bits per heavy atom. The summed E-state index contributed by atoms with van der Waals surface area (Å²) >= 11 is 0. The topological polar surface area (TPSA) is 70.2 Å². The molecule has 6 heteroatoms. The highest BCUT2D eigenvalue weighted by atomic mass is 35.5. The average molecular weight is 326 g/mol. The van der Waals surface area contributed by atoms with Crippen LogP contribution < -0.4 is 16.0 Å². The van der Waals surface area contributed by atoms with Crippen molar-refractivity contribution in [1.29, 1.82) is 0 Å². The van der Waals surface area contributed by atoms with Crippen LogP contribution in [-0.2, 0) is 16.0 Å². The molecule has 0 radical (unpaired) electrons. The maximum absolute atomic E-state index is 11.7. The zero-order valence-electron chi connectivity index (χ0n) is 12.9. The Hall–Kier alpha value is -1.59. The van der Waals surface area contributed by atoms with Crippen molar-refractivity contribution in [3.8, 4) is 0 Å². The molecule has 5 nitrogen and oxygen atoms in total. The van der Waals surface area contributed by atoms with Gasteiger partial charge in [-0.15, -0.1) is 12.4 Å². The number of hydrogen-bond acceptors (Lipinski definition) is 3. The smallest absolute Gasteiger partial charge is 0.239 e. The number of hydrogen-bond donors (Lipinski definition) is 3. The van der Waals surface area contributed by atoms with Gasteiger partial charge in [0, 0.05) is 19.0 Å². The minimum atomic E-state index is -0.118. The first-order valence-corrected chi connectivity index (χ1v) is 7.46. The van der Waals surface area contributed by atoms with E-state index in [1.165, 1.54) is 5.56 Å². The molecular weight excluding hydrogens is 302 g/mol. The van der Waals surface area contributed by atoms with Crippen LogP contribution in [0.1, 0.15) is 24.0 Å². The van der Waals surface area contributed by atoms with E-state index in [4.69, 9.17) is 0 Å². The Balaban J connectivity index is 0.00000242. The minimum absolute atomic E-state index is 0. The van der Waals surface area contributed by atoms with Crippen molar-refractivity contribution in [2.75, 3.05) is 19.6 Å². The summed E-state index contributed by atoms with van der Waals surface area (Å²) < 4.78 is 0. The van der Waals surface area contributed by atoms with Crippen molar-refractivity contribution in [1.82, 2.24) is 16.0 Å². The second-order valence-electron chi connectivity index (χ2n) is 5.52. The summed E-state index contributed by atoms with van der Waals surface area (Å²) in [5.74, 6) is -0.206. The second-order valence-corrected chi connectivity index (χ2v) is 5.52. The van der Waals surface area contributed by atoms with Gasteiger partial charge >= 0.3 is 0 Å². The first kappa shape index (κ1) is 18.5. The molecule has 1 atom stereocenters. The van der Waals surface area contributed by atoms with Crippen molar-refractivity contribution >= 4 is 24.2 Å². The van der Waals surface area contributed by atoms with Gasteiger partial charge in [0.2, 0.25) is 11.8 Å². The van der Waals surface area contributed by atoms with Crippen molar-refractivity contribution in [2.24, 2.45) is 0 Å². The second kappa shape index (κ2) is 9.43. The van der Waals surface area contributed by atoms with Crippen LogP contribution in [0.5, 0.6) is 0 Å². The third-order valence-corrected chi connectivity index (χ3v) is 3.63. The van der Waals surface area contributed by atoms with Crippen molar-refractivity contribution in [2.45, 2.75) is 32.2 Å². The van der Waals surface area contributed by atoms with E-state index in [1.807, 2.05) is 31.2 Å². The fourth-order valence-corrected chi connectivity index (χ4v) is 2.34. The molecule has 1 saturated heterocycles. The lowest BCUT2D eigenvalue weighted by molar-refractivity contribution is -0.126. The van der Waals surface area contributed by atoms with Gasteiger partial charge in [0.15, 0.2) is 0 Å². The highest BCUT2D eigenvalue weighted by Gasteiger charge is 2.16. The Morgan fingerprint density at radius 1 is 1.23 bits per heavy atom. The number of amides is 2. The summed E-state index contributed by atoms with van der Waals surface area (Å²) in [6.07, 6.45) is 2.05. The molecule has 0 saturated carbocycles. The highest BCUT2D eigenvalue weighted by Crippen LogP contribution is 2.05. The van der Waals surface area contributed by atoms with E-state index in [-0.39, 0.29) is 36.8 Å². The molecule has 0 aromatic heterocycles. The summed E-state index contributed by atoms with van der Waals surface area (Å²) in [6.45, 7) is 3.85. The number of halogens is 1. The Labute approximate surface area is 137 Å². The quantitative estimate of drug-likeness (QED) is 0.729. The van der Waals surface area contributed by atoms with E-state index in [9.17, 15) is 9.59 Å². The Morgan fingerprint density at radius 2 is 1.95 bits per heavy atom. The molecule has 1 aromatic carbocycles. The first-order chi connectivity index (χ1) is 10.1. The van der Waals surface area contributed by atoms with E-state index in [0.29, 0.717) is 12.8 Å². The maximum atomic E-state index is 11.7. The van der Waals surface area contributed by atoms with Crippen molar-refractivity contribution < 1.29 is 9.59 Å². The Bertz CT molecular complexity index is 485. The van der Waals surface area contributed by atoms with Gasteiger partial charge < -0.3 is 16.0 Å². The summed E-state index contributed by atoms with van der Waals surface area (Å²) in [7, 11) is 0. The van der Waals surface area contributed by atoms with Gasteiger partial charge in [-0.3, -0.25) is 9.59 Å². The van der Waals surface area contributed by atoms with E-state index < -0.39 is 0 Å². The average Bonchev–Trinajstić information content (AvgIpc) is 2.97. The molecule has 1 unspecified atom stereocenters. The summed E-state index contributed by atoms with van der Waals surface area (Å²) in [6, 6.07) is 8.33. The zero-order chi connectivity index (χ0) is 15.1. The van der Waals surface area contributed by atoms with Crippen LogP contribution in [0.3, 0.4) is 0 Å². The minimum Gasteiger partial charge on any atom is -0.351 e. The van der Waals surface area contributed by atoms with Crippen LogP contribution >= 0.6 is 12.4 Å². The molecule has 0 bridgehead atoms. The van der Waals surface area contributed by atoms with E-state index in [2.05, 4.69) is 16.0 Å². The van der Waals surface area contributed by atoms with Crippen LogP contribution in [0.4, 0.5) is 0 Å². The van der Waals surface area contributed by atoms with Crippen LogP contribution in [0, 0.1) is 6.92 Å². The van der Waals surface area contributed by atoms with E-state index in [0.717, 1.165) is 25.1 Å². The van der Waals surface area contributed by atoms with Gasteiger partial charge in [-0.1, -0.05) is 29.8 Å². The molecular formula is C16H24ClN3O2. The number of nitrogens with one attached hydrogen (secondary N) is 3. The third kappa shape index (κ3) is 6.45. The number of aryl methyl sites for hydroxylation is 2. The molecule has 3 N–H and O–H groups in total. The highest BCUT2D eigenvalue weighted by molar-refractivity contribution is 5.85. The Kier molecular flexibility index (Phi) is 7.91. The van der Waals surface area contributed by atoms with Crippen LogP contribution in [0.25, 0.3) is 0 Å². The van der Waals surface area contributed by atoms with E-state index >= 15 is 0 Å². The molecule has 1 fully saturated rings. The predicted molar refractivity (Wildman–Crippen MR) is 89.2 cm³/mol. The van der Waals surface area contributed by atoms with Gasteiger partial charge in [0.25, 0.3) is 0 Å². The lowest BCUT2D eigenvalue weighted by atomic mass is 10.1.